The van der Waals surface area contributed by atoms with Gasteiger partial charge in [-0.15, -0.1) is 0 Å². The second-order valence-corrected chi connectivity index (χ2v) is 6.22. The zero-order chi connectivity index (χ0) is 14.8. The lowest BCUT2D eigenvalue weighted by Gasteiger charge is -2.08. The molecule has 0 saturated carbocycles. The maximum atomic E-state index is 11.9. The fraction of sp³-hybridized carbons (Fsp3) is 0.462. The molecule has 21 heavy (non-hydrogen) atoms. The van der Waals surface area contributed by atoms with Crippen LogP contribution in [0, 0.1) is 0 Å². The van der Waals surface area contributed by atoms with Crippen LogP contribution in [-0.2, 0) is 17.8 Å². The highest BCUT2D eigenvalue weighted by Gasteiger charge is 2.17. The van der Waals surface area contributed by atoms with Crippen molar-refractivity contribution in [3.05, 3.63) is 22.3 Å². The minimum Gasteiger partial charge on any atom is -0.375 e. The van der Waals surface area contributed by atoms with Gasteiger partial charge >= 0.3 is 6.03 Å². The van der Waals surface area contributed by atoms with E-state index in [0.29, 0.717) is 30.1 Å². The third-order valence-electron chi connectivity index (χ3n) is 3.18. The van der Waals surface area contributed by atoms with Crippen LogP contribution in [0.4, 0.5) is 15.7 Å². The molecule has 3 N–H and O–H groups in total. The number of nitrogens with zero attached hydrogens (tertiary/aromatic N) is 2. The molecule has 0 unspecified atom stereocenters. The van der Waals surface area contributed by atoms with E-state index in [2.05, 4.69) is 39.7 Å². The maximum Gasteiger partial charge on any atom is 0.326 e. The van der Waals surface area contributed by atoms with Crippen LogP contribution < -0.4 is 10.6 Å². The molecule has 7 nitrogen and oxygen atoms in total. The van der Waals surface area contributed by atoms with Crippen molar-refractivity contribution in [2.45, 2.75) is 32.8 Å². The van der Waals surface area contributed by atoms with E-state index in [-0.39, 0.29) is 6.03 Å². The van der Waals surface area contributed by atoms with E-state index in [9.17, 15) is 4.79 Å². The Balaban J connectivity index is 1.62. The SMILES string of the molecule is CC(C)c1cc(NC(=O)Nc2nc3c(s2)COCC3)n[nH]1. The molecule has 2 aromatic rings. The summed E-state index contributed by atoms with van der Waals surface area (Å²) in [5.74, 6) is 0.836. The van der Waals surface area contributed by atoms with Gasteiger partial charge in [-0.25, -0.2) is 9.78 Å². The number of amides is 2. The highest BCUT2D eigenvalue weighted by molar-refractivity contribution is 7.15. The molecule has 0 bridgehead atoms. The number of ether oxygens (including phenoxy) is 1. The Morgan fingerprint density at radius 1 is 1.48 bits per heavy atom. The van der Waals surface area contributed by atoms with Crippen LogP contribution in [0.15, 0.2) is 6.07 Å². The lowest BCUT2D eigenvalue weighted by atomic mass is 10.1. The van der Waals surface area contributed by atoms with Crippen molar-refractivity contribution in [3.8, 4) is 0 Å². The van der Waals surface area contributed by atoms with E-state index in [4.69, 9.17) is 4.74 Å². The number of fused-ring (bicyclic) bond motifs is 1. The van der Waals surface area contributed by atoms with E-state index >= 15 is 0 Å². The van der Waals surface area contributed by atoms with E-state index in [1.807, 2.05) is 6.07 Å². The van der Waals surface area contributed by atoms with Crippen LogP contribution in [0.25, 0.3) is 0 Å². The van der Waals surface area contributed by atoms with E-state index in [0.717, 1.165) is 22.7 Å². The third-order valence-corrected chi connectivity index (χ3v) is 4.16. The number of anilines is 2. The van der Waals surface area contributed by atoms with Crippen molar-refractivity contribution in [2.24, 2.45) is 0 Å². The van der Waals surface area contributed by atoms with E-state index in [1.165, 1.54) is 11.3 Å². The quantitative estimate of drug-likeness (QED) is 0.813. The predicted octanol–water partition coefficient (Wildman–Crippen LogP) is 2.71. The molecule has 0 spiro atoms. The van der Waals surface area contributed by atoms with E-state index in [1.54, 1.807) is 0 Å². The number of rotatable bonds is 3. The Labute approximate surface area is 126 Å². The number of hydrogen-bond donors (Lipinski definition) is 3. The Kier molecular flexibility index (Phi) is 3.89. The van der Waals surface area contributed by atoms with Crippen LogP contribution in [0.5, 0.6) is 0 Å². The summed E-state index contributed by atoms with van der Waals surface area (Å²) in [5, 5.41) is 13.0. The van der Waals surface area contributed by atoms with Gasteiger partial charge in [0.1, 0.15) is 0 Å². The zero-order valence-electron chi connectivity index (χ0n) is 11.9. The Morgan fingerprint density at radius 2 is 2.33 bits per heavy atom. The molecular formula is C13H17N5O2S. The van der Waals surface area contributed by atoms with Gasteiger partial charge < -0.3 is 4.74 Å². The maximum absolute atomic E-state index is 11.9. The summed E-state index contributed by atoms with van der Waals surface area (Å²) in [5.41, 5.74) is 2.00. The standard InChI is InChI=1S/C13H17N5O2S/c1-7(2)9-5-11(18-17-9)15-12(19)16-13-14-8-3-4-20-6-10(8)21-13/h5,7H,3-4,6H2,1-2H3,(H3,14,15,16,17,18,19). The molecule has 112 valence electrons. The number of aromatic amines is 1. The number of H-pyrrole nitrogens is 1. The number of carbonyl (C=O) groups excluding carboxylic acids is 1. The van der Waals surface area contributed by atoms with Gasteiger partial charge in [-0.1, -0.05) is 25.2 Å². The van der Waals surface area contributed by atoms with Crippen molar-refractivity contribution in [1.82, 2.24) is 15.2 Å². The molecule has 1 aliphatic rings. The summed E-state index contributed by atoms with van der Waals surface area (Å²) in [6.07, 6.45) is 0.798. The molecule has 2 aromatic heterocycles. The number of thiazole rings is 1. The highest BCUT2D eigenvalue weighted by Crippen LogP contribution is 2.27. The van der Waals surface area contributed by atoms with Gasteiger partial charge in [0.25, 0.3) is 0 Å². The van der Waals surface area contributed by atoms with Gasteiger partial charge in [-0.05, 0) is 5.92 Å². The first kappa shape index (κ1) is 14.0. The first-order valence-electron chi connectivity index (χ1n) is 6.81. The number of aromatic nitrogens is 3. The monoisotopic (exact) mass is 307 g/mol. The van der Waals surface area contributed by atoms with Crippen molar-refractivity contribution in [2.75, 3.05) is 17.2 Å². The van der Waals surface area contributed by atoms with Gasteiger partial charge in [0.2, 0.25) is 0 Å². The molecule has 0 saturated heterocycles. The van der Waals surface area contributed by atoms with Gasteiger partial charge in [0.05, 0.1) is 23.8 Å². The van der Waals surface area contributed by atoms with Gasteiger partial charge in [-0.2, -0.15) is 5.10 Å². The van der Waals surface area contributed by atoms with Crippen molar-refractivity contribution >= 4 is 28.3 Å². The minimum atomic E-state index is -0.344. The summed E-state index contributed by atoms with van der Waals surface area (Å²) in [6.45, 7) is 5.38. The molecule has 0 radical (unpaired) electrons. The van der Waals surface area contributed by atoms with Crippen molar-refractivity contribution in [3.63, 3.8) is 0 Å². The lowest BCUT2D eigenvalue weighted by Crippen LogP contribution is -2.19. The number of carbonyl (C=O) groups is 1. The average molecular weight is 307 g/mol. The largest absolute Gasteiger partial charge is 0.375 e. The normalized spacial score (nSPS) is 14.0. The summed E-state index contributed by atoms with van der Waals surface area (Å²) in [4.78, 5) is 17.4. The summed E-state index contributed by atoms with van der Waals surface area (Å²) >= 11 is 1.45. The third kappa shape index (κ3) is 3.22. The Bertz CT molecular complexity index is 625. The molecule has 3 heterocycles. The molecular weight excluding hydrogens is 290 g/mol. The van der Waals surface area contributed by atoms with Crippen molar-refractivity contribution in [1.29, 1.82) is 0 Å². The molecule has 8 heteroatoms. The van der Waals surface area contributed by atoms with Crippen molar-refractivity contribution < 1.29 is 9.53 Å². The van der Waals surface area contributed by atoms with Crippen LogP contribution in [0.2, 0.25) is 0 Å². The molecule has 1 aliphatic heterocycles. The summed E-state index contributed by atoms with van der Waals surface area (Å²) in [7, 11) is 0. The molecule has 0 atom stereocenters. The fourth-order valence-electron chi connectivity index (χ4n) is 2.02. The smallest absolute Gasteiger partial charge is 0.326 e. The first-order valence-corrected chi connectivity index (χ1v) is 7.63. The number of hydrogen-bond acceptors (Lipinski definition) is 5. The average Bonchev–Trinajstić information content (AvgIpc) is 3.04. The van der Waals surface area contributed by atoms with Crippen LogP contribution in [-0.4, -0.2) is 27.8 Å². The number of nitrogens with one attached hydrogen (secondary N) is 3. The second-order valence-electron chi connectivity index (χ2n) is 5.13. The van der Waals surface area contributed by atoms with Crippen LogP contribution in [0.1, 0.15) is 36.0 Å². The minimum absolute atomic E-state index is 0.335. The molecule has 3 rings (SSSR count). The van der Waals surface area contributed by atoms with Crippen LogP contribution >= 0.6 is 11.3 Å². The summed E-state index contributed by atoms with van der Waals surface area (Å²) in [6, 6.07) is 1.48. The fourth-order valence-corrected chi connectivity index (χ4v) is 2.96. The molecule has 0 aromatic carbocycles. The molecule has 0 aliphatic carbocycles. The Morgan fingerprint density at radius 3 is 3.05 bits per heavy atom. The Hall–Kier alpha value is -1.93. The van der Waals surface area contributed by atoms with E-state index < -0.39 is 0 Å². The predicted molar refractivity (Wildman–Crippen MR) is 80.8 cm³/mol. The number of urea groups is 1. The highest BCUT2D eigenvalue weighted by atomic mass is 32.1. The summed E-state index contributed by atoms with van der Waals surface area (Å²) < 4.78 is 5.36. The second kappa shape index (κ2) is 5.82. The van der Waals surface area contributed by atoms with Crippen LogP contribution in [0.3, 0.4) is 0 Å². The molecule has 0 fully saturated rings. The zero-order valence-corrected chi connectivity index (χ0v) is 12.7. The van der Waals surface area contributed by atoms with Gasteiger partial charge in [-0.3, -0.25) is 15.7 Å². The van der Waals surface area contributed by atoms with Gasteiger partial charge in [0, 0.05) is 18.2 Å². The lowest BCUT2D eigenvalue weighted by molar-refractivity contribution is 0.112. The topological polar surface area (TPSA) is 91.9 Å². The van der Waals surface area contributed by atoms with Gasteiger partial charge in [0.15, 0.2) is 10.9 Å². The molecule has 2 amide bonds. The first-order chi connectivity index (χ1) is 10.1.